The van der Waals surface area contributed by atoms with Gasteiger partial charge in [0.2, 0.25) is 0 Å². The second-order valence-corrected chi connectivity index (χ2v) is 5.16. The largest absolute Gasteiger partial charge is 0.478 e. The molecule has 1 N–H and O–H groups in total. The third-order valence-electron chi connectivity index (χ3n) is 3.35. The number of hydrogen-bond donors (Lipinski definition) is 1. The van der Waals surface area contributed by atoms with E-state index in [1.165, 1.54) is 18.9 Å². The Morgan fingerprint density at radius 2 is 2.21 bits per heavy atom. The van der Waals surface area contributed by atoms with E-state index in [4.69, 9.17) is 5.11 Å². The summed E-state index contributed by atoms with van der Waals surface area (Å²) in [7, 11) is 0. The maximum absolute atomic E-state index is 10.7. The number of nitrogens with zero attached hydrogens (tertiary/aromatic N) is 1. The maximum atomic E-state index is 10.7. The van der Waals surface area contributed by atoms with Gasteiger partial charge >= 0.3 is 5.97 Å². The summed E-state index contributed by atoms with van der Waals surface area (Å²) in [6.07, 6.45) is 6.52. The van der Waals surface area contributed by atoms with Gasteiger partial charge in [-0.3, -0.25) is 0 Å². The number of rotatable bonds is 6. The lowest BCUT2D eigenvalue weighted by atomic mass is 10.1. The van der Waals surface area contributed by atoms with Crippen molar-refractivity contribution in [2.24, 2.45) is 0 Å². The van der Waals surface area contributed by atoms with Gasteiger partial charge in [0.25, 0.3) is 0 Å². The van der Waals surface area contributed by atoms with Gasteiger partial charge in [0.1, 0.15) is 0 Å². The fraction of sp³-hybridized carbons (Fsp3) is 0.438. The molecule has 2 rings (SSSR count). The first-order chi connectivity index (χ1) is 9.11. The second-order valence-electron chi connectivity index (χ2n) is 5.16. The van der Waals surface area contributed by atoms with Crippen molar-refractivity contribution in [3.63, 3.8) is 0 Å². The molecule has 0 radical (unpaired) electrons. The Morgan fingerprint density at radius 1 is 1.47 bits per heavy atom. The standard InChI is InChI=1S/C16H21NO2/c1-3-10-17(14-6-7-14)15-8-4-12(2)11-13(15)5-9-16(18)19/h4-5,8-9,11,14H,3,6-7,10H2,1-2H3,(H,18,19)/b9-5+. The van der Waals surface area contributed by atoms with E-state index >= 15 is 0 Å². The van der Waals surface area contributed by atoms with Gasteiger partial charge in [-0.25, -0.2) is 4.79 Å². The van der Waals surface area contributed by atoms with Gasteiger partial charge in [0.15, 0.2) is 0 Å². The molecule has 0 aromatic heterocycles. The van der Waals surface area contributed by atoms with Crippen LogP contribution in [-0.4, -0.2) is 23.7 Å². The number of anilines is 1. The van der Waals surface area contributed by atoms with E-state index in [2.05, 4.69) is 30.0 Å². The summed E-state index contributed by atoms with van der Waals surface area (Å²) < 4.78 is 0. The summed E-state index contributed by atoms with van der Waals surface area (Å²) in [5.41, 5.74) is 3.32. The molecule has 3 nitrogen and oxygen atoms in total. The molecule has 0 aliphatic heterocycles. The SMILES string of the molecule is CCCN(c1ccc(C)cc1/C=C/C(=O)O)C1CC1. The van der Waals surface area contributed by atoms with Gasteiger partial charge in [-0.1, -0.05) is 18.6 Å². The highest BCUT2D eigenvalue weighted by Crippen LogP contribution is 2.34. The van der Waals surface area contributed by atoms with Crippen molar-refractivity contribution in [2.75, 3.05) is 11.4 Å². The predicted molar refractivity (Wildman–Crippen MR) is 78.5 cm³/mol. The molecule has 0 saturated heterocycles. The molecule has 1 aliphatic rings. The summed E-state index contributed by atoms with van der Waals surface area (Å²) in [4.78, 5) is 13.1. The van der Waals surface area contributed by atoms with E-state index < -0.39 is 5.97 Å². The van der Waals surface area contributed by atoms with Crippen molar-refractivity contribution >= 4 is 17.7 Å². The van der Waals surface area contributed by atoms with Crippen molar-refractivity contribution in [2.45, 2.75) is 39.2 Å². The van der Waals surface area contributed by atoms with Gasteiger partial charge in [-0.15, -0.1) is 0 Å². The molecule has 0 bridgehead atoms. The Labute approximate surface area is 114 Å². The number of aryl methyl sites for hydroxylation is 1. The molecule has 19 heavy (non-hydrogen) atoms. The number of carboxylic acid groups (broad SMARTS) is 1. The number of carbonyl (C=O) groups is 1. The van der Waals surface area contributed by atoms with E-state index in [9.17, 15) is 4.79 Å². The molecule has 0 heterocycles. The Morgan fingerprint density at radius 3 is 2.79 bits per heavy atom. The van der Waals surface area contributed by atoms with Crippen LogP contribution >= 0.6 is 0 Å². The van der Waals surface area contributed by atoms with Crippen LogP contribution in [0.1, 0.15) is 37.3 Å². The molecule has 0 atom stereocenters. The Bertz CT molecular complexity index is 490. The lowest BCUT2D eigenvalue weighted by molar-refractivity contribution is -0.131. The number of hydrogen-bond acceptors (Lipinski definition) is 2. The van der Waals surface area contributed by atoms with Crippen LogP contribution in [0.2, 0.25) is 0 Å². The smallest absolute Gasteiger partial charge is 0.328 e. The number of benzene rings is 1. The first-order valence-electron chi connectivity index (χ1n) is 6.90. The molecule has 1 aromatic rings. The summed E-state index contributed by atoms with van der Waals surface area (Å²) in [6.45, 7) is 5.24. The monoisotopic (exact) mass is 259 g/mol. The highest BCUT2D eigenvalue weighted by Gasteiger charge is 2.29. The van der Waals surface area contributed by atoms with E-state index in [0.29, 0.717) is 6.04 Å². The number of aliphatic carboxylic acids is 1. The van der Waals surface area contributed by atoms with Crippen LogP contribution < -0.4 is 4.90 Å². The Kier molecular flexibility index (Phi) is 4.25. The molecule has 1 aromatic carbocycles. The highest BCUT2D eigenvalue weighted by molar-refractivity contribution is 5.87. The highest BCUT2D eigenvalue weighted by atomic mass is 16.4. The minimum absolute atomic E-state index is 0.639. The Balaban J connectivity index is 2.34. The molecule has 3 heteroatoms. The van der Waals surface area contributed by atoms with Gasteiger partial charge in [0, 0.05) is 24.4 Å². The van der Waals surface area contributed by atoms with Crippen molar-refractivity contribution in [3.05, 3.63) is 35.4 Å². The average Bonchev–Trinajstić information content (AvgIpc) is 3.18. The third-order valence-corrected chi connectivity index (χ3v) is 3.35. The fourth-order valence-electron chi connectivity index (χ4n) is 2.36. The first kappa shape index (κ1) is 13.7. The van der Waals surface area contributed by atoms with Crippen LogP contribution in [0.4, 0.5) is 5.69 Å². The lowest BCUT2D eigenvalue weighted by Crippen LogP contribution is -2.27. The van der Waals surface area contributed by atoms with E-state index in [1.54, 1.807) is 6.08 Å². The second kappa shape index (κ2) is 5.91. The van der Waals surface area contributed by atoms with E-state index in [-0.39, 0.29) is 0 Å². The minimum Gasteiger partial charge on any atom is -0.478 e. The van der Waals surface area contributed by atoms with Crippen LogP contribution in [0.5, 0.6) is 0 Å². The zero-order valence-electron chi connectivity index (χ0n) is 11.6. The summed E-state index contributed by atoms with van der Waals surface area (Å²) in [6, 6.07) is 6.91. The number of carboxylic acids is 1. The molecule has 0 unspecified atom stereocenters. The fourth-order valence-corrected chi connectivity index (χ4v) is 2.36. The molecular formula is C16H21NO2. The molecule has 1 fully saturated rings. The molecule has 0 spiro atoms. The normalized spacial score (nSPS) is 14.8. The first-order valence-corrected chi connectivity index (χ1v) is 6.90. The lowest BCUT2D eigenvalue weighted by Gasteiger charge is -2.26. The summed E-state index contributed by atoms with van der Waals surface area (Å²) in [5.74, 6) is -0.902. The third kappa shape index (κ3) is 3.60. The van der Waals surface area contributed by atoms with Crippen LogP contribution in [0.3, 0.4) is 0 Å². The van der Waals surface area contributed by atoms with Crippen molar-refractivity contribution in [1.29, 1.82) is 0 Å². The predicted octanol–water partition coefficient (Wildman–Crippen LogP) is 3.47. The van der Waals surface area contributed by atoms with Crippen molar-refractivity contribution in [3.8, 4) is 0 Å². The molecule has 102 valence electrons. The van der Waals surface area contributed by atoms with Gasteiger partial charge in [-0.2, -0.15) is 0 Å². The van der Waals surface area contributed by atoms with Gasteiger partial charge in [0.05, 0.1) is 0 Å². The minimum atomic E-state index is -0.902. The Hall–Kier alpha value is -1.77. The zero-order chi connectivity index (χ0) is 13.8. The molecule has 1 saturated carbocycles. The van der Waals surface area contributed by atoms with E-state index in [1.807, 2.05) is 6.92 Å². The molecular weight excluding hydrogens is 238 g/mol. The van der Waals surface area contributed by atoms with Crippen LogP contribution in [-0.2, 0) is 4.79 Å². The molecule has 1 aliphatic carbocycles. The zero-order valence-corrected chi connectivity index (χ0v) is 11.6. The van der Waals surface area contributed by atoms with Gasteiger partial charge < -0.3 is 10.0 Å². The topological polar surface area (TPSA) is 40.5 Å². The average molecular weight is 259 g/mol. The van der Waals surface area contributed by atoms with Crippen molar-refractivity contribution < 1.29 is 9.90 Å². The van der Waals surface area contributed by atoms with Crippen LogP contribution in [0, 0.1) is 6.92 Å². The maximum Gasteiger partial charge on any atom is 0.328 e. The molecule has 0 amide bonds. The quantitative estimate of drug-likeness (QED) is 0.795. The summed E-state index contributed by atoms with van der Waals surface area (Å²) >= 11 is 0. The van der Waals surface area contributed by atoms with Crippen LogP contribution in [0.15, 0.2) is 24.3 Å². The van der Waals surface area contributed by atoms with Crippen LogP contribution in [0.25, 0.3) is 6.08 Å². The summed E-state index contributed by atoms with van der Waals surface area (Å²) in [5, 5.41) is 8.80. The van der Waals surface area contributed by atoms with Gasteiger partial charge in [-0.05, 0) is 50.0 Å². The van der Waals surface area contributed by atoms with Crippen molar-refractivity contribution in [1.82, 2.24) is 0 Å². The van der Waals surface area contributed by atoms with E-state index in [0.717, 1.165) is 29.8 Å².